The second-order valence-corrected chi connectivity index (χ2v) is 14.8. The highest BCUT2D eigenvalue weighted by Crippen LogP contribution is 3.00. The molecule has 124 valence electrons. The van der Waals surface area contributed by atoms with Crippen LogP contribution in [0.25, 0.3) is 0 Å². The molecule has 0 nitrogen and oxygen atoms in total. The summed E-state index contributed by atoms with van der Waals surface area (Å²) in [7, 11) is 0. The molecule has 5 fully saturated rings. The summed E-state index contributed by atoms with van der Waals surface area (Å²) in [5.41, 5.74) is 0. The Kier molecular flexibility index (Phi) is 3.08. The third-order valence-corrected chi connectivity index (χ3v) is 14.4. The molecule has 5 aliphatic rings. The molecule has 1 unspecified atom stereocenters. The van der Waals surface area contributed by atoms with E-state index < -0.39 is 26.5 Å². The van der Waals surface area contributed by atoms with E-state index in [2.05, 4.69) is 15.9 Å². The van der Waals surface area contributed by atoms with E-state index in [1.165, 1.54) is 0 Å². The van der Waals surface area contributed by atoms with E-state index in [1.807, 2.05) is 0 Å². The summed E-state index contributed by atoms with van der Waals surface area (Å²) in [5.74, 6) is -0.417. The molecule has 10 atom stereocenters. The van der Waals surface area contributed by atoms with Crippen molar-refractivity contribution in [3.05, 3.63) is 0 Å². The van der Waals surface area contributed by atoms with Crippen molar-refractivity contribution in [2.45, 2.75) is 26.5 Å². The second kappa shape index (κ2) is 3.94. The van der Waals surface area contributed by atoms with Crippen molar-refractivity contribution < 1.29 is 0 Å². The molecule has 0 amide bonds. The van der Waals surface area contributed by atoms with Gasteiger partial charge < -0.3 is 0 Å². The molecule has 0 saturated heterocycles. The highest BCUT2D eigenvalue weighted by molar-refractivity contribution is 9.10. The van der Waals surface area contributed by atoms with Crippen LogP contribution < -0.4 is 0 Å². The van der Waals surface area contributed by atoms with Crippen molar-refractivity contribution in [3.63, 3.8) is 0 Å². The topological polar surface area (TPSA) is 0 Å². The smallest absolute Gasteiger partial charge is 0.114 e. The van der Waals surface area contributed by atoms with E-state index in [4.69, 9.17) is 104 Å². The van der Waals surface area contributed by atoms with Gasteiger partial charge in [0.1, 0.15) is 18.4 Å². The molecule has 10 heteroatoms. The van der Waals surface area contributed by atoms with Gasteiger partial charge in [0, 0.05) is 5.92 Å². The molecule has 0 heterocycles. The predicted octanol–water partition coefficient (Wildman–Crippen LogP) is 6.56. The van der Waals surface area contributed by atoms with E-state index >= 15 is 0 Å². The minimum absolute atomic E-state index is 0.00757. The fourth-order valence-electron chi connectivity index (χ4n) is 6.68. The first-order valence-corrected chi connectivity index (χ1v) is 10.8. The zero-order valence-corrected chi connectivity index (χ0v) is 18.6. The SMILES string of the molecule is ClC(Cl)(Cl)[C@@H]1[C@H]2C3[C@@H]1[C@H]1[C@@H]2[C@]2(Cl)C(Cl)(Cl)[C@@]1(Cl)[C@]3(Cl)[C@@]2(Cl)Br. The molecule has 0 spiro atoms. The number of rotatable bonds is 0. The highest BCUT2D eigenvalue weighted by Gasteiger charge is 3.08. The van der Waals surface area contributed by atoms with Gasteiger partial charge in [0.15, 0.2) is 8.13 Å². The summed E-state index contributed by atoms with van der Waals surface area (Å²) in [6, 6.07) is 0. The average Bonchev–Trinajstić information content (AvgIpc) is 2.92. The van der Waals surface area contributed by atoms with Gasteiger partial charge in [0.05, 0.1) is 0 Å². The Balaban J connectivity index is 1.81. The van der Waals surface area contributed by atoms with Gasteiger partial charge in [-0.1, -0.05) is 73.9 Å². The molecular formula is C12H6BrCl9. The fraction of sp³-hybridized carbons (Fsp3) is 1.00. The van der Waals surface area contributed by atoms with Crippen molar-refractivity contribution in [1.29, 1.82) is 0 Å². The first-order chi connectivity index (χ1) is 9.74. The van der Waals surface area contributed by atoms with Crippen molar-refractivity contribution in [3.8, 4) is 0 Å². The minimum Gasteiger partial charge on any atom is -0.114 e. The Morgan fingerprint density at radius 3 is 1.59 bits per heavy atom. The molecule has 5 rings (SSSR count). The van der Waals surface area contributed by atoms with Gasteiger partial charge >= 0.3 is 0 Å². The zero-order chi connectivity index (χ0) is 16.5. The quantitative estimate of drug-likeness (QED) is 0.301. The summed E-state index contributed by atoms with van der Waals surface area (Å²) >= 11 is 63.3. The second-order valence-electron chi connectivity index (χ2n) is 7.08. The lowest BCUT2D eigenvalue weighted by Crippen LogP contribution is -2.71. The number of halogens is 10. The lowest BCUT2D eigenvalue weighted by atomic mass is 9.54. The number of hydrogen-bond acceptors (Lipinski definition) is 0. The standard InChI is InChI=1S/C12H6BrCl9/c13-11(20)7(14)3-1-4(10(17,18)19)2(3)6-5(1)8(7,15)12(21,22)9(6,11)16/h1-6H/t1-,2+,3?,4-,5-,6+,7-,8-,9+,11-/m0/s1. The highest BCUT2D eigenvalue weighted by atomic mass is 79.9. The summed E-state index contributed by atoms with van der Waals surface area (Å²) in [4.78, 5) is -3.51. The van der Waals surface area contributed by atoms with Gasteiger partial charge in [-0.2, -0.15) is 0 Å². The maximum atomic E-state index is 7.04. The third kappa shape index (κ3) is 1.12. The van der Waals surface area contributed by atoms with Crippen molar-refractivity contribution in [2.75, 3.05) is 0 Å². The molecule has 5 saturated carbocycles. The lowest BCUT2D eigenvalue weighted by Gasteiger charge is -2.62. The van der Waals surface area contributed by atoms with Crippen LogP contribution >= 0.6 is 120 Å². The maximum Gasteiger partial charge on any atom is 0.193 e. The molecule has 0 aromatic heterocycles. The van der Waals surface area contributed by atoms with Gasteiger partial charge in [-0.25, -0.2) is 0 Å². The van der Waals surface area contributed by atoms with Crippen LogP contribution in [0.2, 0.25) is 0 Å². The first kappa shape index (κ1) is 17.2. The molecule has 6 bridgehead atoms. The molecule has 0 aromatic rings. The van der Waals surface area contributed by atoms with Crippen LogP contribution in [0.3, 0.4) is 0 Å². The van der Waals surface area contributed by atoms with E-state index in [9.17, 15) is 0 Å². The van der Waals surface area contributed by atoms with Crippen molar-refractivity contribution >= 4 is 120 Å². The van der Waals surface area contributed by atoms with Crippen LogP contribution in [0, 0.1) is 35.5 Å². The maximum absolute atomic E-state index is 7.04. The van der Waals surface area contributed by atoms with Crippen molar-refractivity contribution in [2.24, 2.45) is 35.5 Å². The van der Waals surface area contributed by atoms with Crippen LogP contribution in [0.5, 0.6) is 0 Å². The van der Waals surface area contributed by atoms with Crippen LogP contribution in [-0.2, 0) is 0 Å². The molecule has 5 aliphatic carbocycles. The normalized spacial score (nSPS) is 72.3. The molecule has 0 aliphatic heterocycles. The lowest BCUT2D eigenvalue weighted by molar-refractivity contribution is -0.0103. The van der Waals surface area contributed by atoms with E-state index in [1.54, 1.807) is 0 Å². The van der Waals surface area contributed by atoms with Gasteiger partial charge in [-0.3, -0.25) is 0 Å². The Hall–Kier alpha value is 3.09. The van der Waals surface area contributed by atoms with E-state index in [0.29, 0.717) is 0 Å². The summed E-state index contributed by atoms with van der Waals surface area (Å²) < 4.78 is -4.10. The van der Waals surface area contributed by atoms with Gasteiger partial charge in [0.25, 0.3) is 0 Å². The average molecular weight is 549 g/mol. The number of hydrogen-bond donors (Lipinski definition) is 0. The third-order valence-electron chi connectivity index (χ3n) is 6.99. The monoisotopic (exact) mass is 544 g/mol. The van der Waals surface area contributed by atoms with Crippen LogP contribution in [0.1, 0.15) is 0 Å². The number of fused-ring (bicyclic) bond motifs is 3. The van der Waals surface area contributed by atoms with Gasteiger partial charge in [-0.05, 0) is 29.6 Å². The zero-order valence-electron chi connectivity index (χ0n) is 10.2. The van der Waals surface area contributed by atoms with Crippen LogP contribution in [0.4, 0.5) is 0 Å². The molecule has 22 heavy (non-hydrogen) atoms. The van der Waals surface area contributed by atoms with Gasteiger partial charge in [0.2, 0.25) is 0 Å². The Morgan fingerprint density at radius 2 is 1.14 bits per heavy atom. The molecule has 0 aromatic carbocycles. The Bertz CT molecular complexity index is 591. The fourth-order valence-corrected chi connectivity index (χ4v) is 13.0. The largest absolute Gasteiger partial charge is 0.193 e. The van der Waals surface area contributed by atoms with Gasteiger partial charge in [-0.15, -0.1) is 46.4 Å². The molecule has 0 radical (unpaired) electrons. The summed E-state index contributed by atoms with van der Waals surface area (Å²) in [6.07, 6.45) is 0. The molecular weight excluding hydrogens is 543 g/mol. The summed E-state index contributed by atoms with van der Waals surface area (Å²) in [6.45, 7) is 0. The first-order valence-electron chi connectivity index (χ1n) is 6.63. The summed E-state index contributed by atoms with van der Waals surface area (Å²) in [5, 5.41) is 0. The molecule has 0 N–H and O–H groups in total. The number of alkyl halides is 10. The predicted molar refractivity (Wildman–Crippen MR) is 98.9 cm³/mol. The van der Waals surface area contributed by atoms with E-state index in [-0.39, 0.29) is 35.5 Å². The van der Waals surface area contributed by atoms with Crippen molar-refractivity contribution in [1.82, 2.24) is 0 Å². The Morgan fingerprint density at radius 1 is 0.682 bits per heavy atom. The minimum atomic E-state index is -1.48. The van der Waals surface area contributed by atoms with Crippen LogP contribution in [0.15, 0.2) is 0 Å². The van der Waals surface area contributed by atoms with Crippen LogP contribution in [-0.4, -0.2) is 26.5 Å². The Labute approximate surface area is 180 Å². The van der Waals surface area contributed by atoms with E-state index in [0.717, 1.165) is 0 Å².